The fraction of sp³-hybridized carbons (Fsp3) is 0.333. The van der Waals surface area contributed by atoms with Gasteiger partial charge in [0.25, 0.3) is 0 Å². The maximum absolute atomic E-state index is 2.34. The molecular weight excluding hydrogens is 312 g/mol. The van der Waals surface area contributed by atoms with E-state index in [-0.39, 0.29) is 0 Å². The molecular formula is C9H12Tl. The Balaban J connectivity index is 2.59. The fourth-order valence-corrected chi connectivity index (χ4v) is 5.67. The van der Waals surface area contributed by atoms with E-state index in [2.05, 4.69) is 44.2 Å². The first-order valence-electron chi connectivity index (χ1n) is 3.69. The molecule has 0 bridgehead atoms. The van der Waals surface area contributed by atoms with Crippen molar-refractivity contribution in [3.63, 3.8) is 0 Å². The molecule has 0 saturated heterocycles. The van der Waals surface area contributed by atoms with Crippen molar-refractivity contribution in [3.8, 4) is 0 Å². The molecule has 0 fully saturated rings. The summed E-state index contributed by atoms with van der Waals surface area (Å²) in [4.78, 5) is 0. The van der Waals surface area contributed by atoms with Crippen LogP contribution in [0.1, 0.15) is 13.8 Å². The van der Waals surface area contributed by atoms with Gasteiger partial charge in [-0.05, 0) is 0 Å². The van der Waals surface area contributed by atoms with E-state index in [9.17, 15) is 0 Å². The Morgan fingerprint density at radius 1 is 1.10 bits per heavy atom. The molecule has 0 aromatic heterocycles. The average Bonchev–Trinajstić information content (AvgIpc) is 1.88. The van der Waals surface area contributed by atoms with Crippen LogP contribution in [0.5, 0.6) is 0 Å². The van der Waals surface area contributed by atoms with Crippen LogP contribution in [0.15, 0.2) is 30.3 Å². The third kappa shape index (κ3) is 2.82. The van der Waals surface area contributed by atoms with Crippen molar-refractivity contribution < 1.29 is 0 Å². The topological polar surface area (TPSA) is 0 Å². The minimum absolute atomic E-state index is 0.563. The zero-order valence-corrected chi connectivity index (χ0v) is 11.0. The molecule has 1 rings (SSSR count). The van der Waals surface area contributed by atoms with Crippen molar-refractivity contribution in [1.82, 2.24) is 0 Å². The van der Waals surface area contributed by atoms with E-state index >= 15 is 0 Å². The van der Waals surface area contributed by atoms with E-state index in [1.807, 2.05) is 0 Å². The normalized spacial score (nSPS) is 9.50. The quantitative estimate of drug-likeness (QED) is 0.728. The summed E-state index contributed by atoms with van der Waals surface area (Å²) >= 11 is -0.563. The summed E-state index contributed by atoms with van der Waals surface area (Å²) in [5.74, 6) is 0. The Morgan fingerprint density at radius 2 is 1.70 bits per heavy atom. The molecule has 0 aliphatic rings. The fourth-order valence-electron chi connectivity index (χ4n) is 0.949. The summed E-state index contributed by atoms with van der Waals surface area (Å²) in [6.45, 7) is 4.67. The van der Waals surface area contributed by atoms with Gasteiger partial charge in [-0.2, -0.15) is 0 Å². The molecule has 1 aromatic carbocycles. The van der Waals surface area contributed by atoms with Crippen molar-refractivity contribution in [3.05, 3.63) is 30.3 Å². The first-order chi connectivity index (χ1) is 4.79. The molecule has 10 heavy (non-hydrogen) atoms. The molecule has 0 radical (unpaired) electrons. The molecule has 0 aliphatic carbocycles. The molecule has 0 spiro atoms. The van der Waals surface area contributed by atoms with Crippen molar-refractivity contribution in [2.75, 3.05) is 0 Å². The summed E-state index contributed by atoms with van der Waals surface area (Å²) < 4.78 is 2.62. The molecule has 51 valence electrons. The molecule has 0 heterocycles. The van der Waals surface area contributed by atoms with Gasteiger partial charge in [0.05, 0.1) is 0 Å². The number of benzene rings is 1. The van der Waals surface area contributed by atoms with Crippen LogP contribution in [-0.4, -0.2) is 24.2 Å². The van der Waals surface area contributed by atoms with Crippen molar-refractivity contribution >= 4 is 27.4 Å². The third-order valence-corrected chi connectivity index (χ3v) is 6.91. The first kappa shape index (κ1) is 8.24. The van der Waals surface area contributed by atoms with Crippen molar-refractivity contribution in [2.24, 2.45) is 0 Å². The SMILES string of the molecule is C[CH](C)[Tl][c]1ccccc1. The van der Waals surface area contributed by atoms with Gasteiger partial charge in [0.15, 0.2) is 0 Å². The average molecular weight is 325 g/mol. The predicted octanol–water partition coefficient (Wildman–Crippen LogP) is 1.84. The van der Waals surface area contributed by atoms with Gasteiger partial charge in [-0.25, -0.2) is 0 Å². The Morgan fingerprint density at radius 3 is 2.20 bits per heavy atom. The molecule has 0 saturated carbocycles. The summed E-state index contributed by atoms with van der Waals surface area (Å²) in [6.07, 6.45) is 0. The van der Waals surface area contributed by atoms with E-state index in [1.165, 1.54) is 0 Å². The molecule has 0 unspecified atom stereocenters. The maximum atomic E-state index is 2.34. The van der Waals surface area contributed by atoms with Crippen LogP contribution in [0.3, 0.4) is 0 Å². The molecule has 0 nitrogen and oxygen atoms in total. The molecule has 1 aromatic rings. The van der Waals surface area contributed by atoms with Gasteiger partial charge >= 0.3 is 75.0 Å². The van der Waals surface area contributed by atoms with Gasteiger partial charge in [0.2, 0.25) is 0 Å². The van der Waals surface area contributed by atoms with E-state index in [0.717, 1.165) is 3.48 Å². The second kappa shape index (κ2) is 4.11. The van der Waals surface area contributed by atoms with Crippen LogP contribution in [-0.2, 0) is 0 Å². The summed E-state index contributed by atoms with van der Waals surface area (Å²) in [7, 11) is 0. The monoisotopic (exact) mass is 325 g/mol. The van der Waals surface area contributed by atoms with Gasteiger partial charge in [0.1, 0.15) is 0 Å². The molecule has 0 aliphatic heterocycles. The van der Waals surface area contributed by atoms with Crippen molar-refractivity contribution in [1.29, 1.82) is 0 Å². The number of hydrogen-bond donors (Lipinski definition) is 0. The van der Waals surface area contributed by atoms with Gasteiger partial charge in [0, 0.05) is 0 Å². The van der Waals surface area contributed by atoms with Gasteiger partial charge in [-0.15, -0.1) is 0 Å². The van der Waals surface area contributed by atoms with Crippen LogP contribution >= 0.6 is 0 Å². The Labute approximate surface area is 74.9 Å². The van der Waals surface area contributed by atoms with Crippen LogP contribution < -0.4 is 3.12 Å². The number of rotatable bonds is 2. The molecule has 0 amide bonds. The zero-order chi connectivity index (χ0) is 7.40. The van der Waals surface area contributed by atoms with E-state index in [4.69, 9.17) is 0 Å². The van der Waals surface area contributed by atoms with E-state index < -0.39 is 24.2 Å². The van der Waals surface area contributed by atoms with Crippen molar-refractivity contribution in [2.45, 2.75) is 17.3 Å². The molecule has 0 atom stereocenters. The van der Waals surface area contributed by atoms with E-state index in [1.54, 1.807) is 3.12 Å². The predicted molar refractivity (Wildman–Crippen MR) is 46.9 cm³/mol. The summed E-state index contributed by atoms with van der Waals surface area (Å²) in [5, 5.41) is 0. The van der Waals surface area contributed by atoms with Gasteiger partial charge in [-0.3, -0.25) is 0 Å². The van der Waals surface area contributed by atoms with Gasteiger partial charge < -0.3 is 0 Å². The van der Waals surface area contributed by atoms with Crippen LogP contribution in [0, 0.1) is 0 Å². The third-order valence-electron chi connectivity index (χ3n) is 1.33. The standard InChI is InChI=1S/C6H5.C3H7.Tl/c1-2-4-6-5-3-1;1-3-2;/h1-5H;3H,1-2H3;. The number of hydrogen-bond acceptors (Lipinski definition) is 0. The Hall–Kier alpha value is 0.142. The van der Waals surface area contributed by atoms with E-state index in [0.29, 0.717) is 0 Å². The zero-order valence-electron chi connectivity index (χ0n) is 6.54. The first-order valence-corrected chi connectivity index (χ1v) is 8.52. The van der Waals surface area contributed by atoms with Crippen LogP contribution in [0.25, 0.3) is 0 Å². The van der Waals surface area contributed by atoms with Crippen LogP contribution in [0.4, 0.5) is 0 Å². The van der Waals surface area contributed by atoms with Gasteiger partial charge in [-0.1, -0.05) is 0 Å². The summed E-state index contributed by atoms with van der Waals surface area (Å²) in [5.41, 5.74) is 0. The second-order valence-corrected chi connectivity index (χ2v) is 11.9. The Bertz CT molecular complexity index is 179. The van der Waals surface area contributed by atoms with Crippen LogP contribution in [0.2, 0.25) is 3.48 Å². The molecule has 1 heteroatoms. The summed E-state index contributed by atoms with van der Waals surface area (Å²) in [6, 6.07) is 10.9. The second-order valence-electron chi connectivity index (χ2n) is 2.82. The Kier molecular flexibility index (Phi) is 3.39. The minimum atomic E-state index is -0.563. The molecule has 0 N–H and O–H groups in total.